The molecular weight excluding hydrogens is 453 g/mol. The van der Waals surface area contributed by atoms with Gasteiger partial charge in [0.15, 0.2) is 11.6 Å². The third-order valence-corrected chi connectivity index (χ3v) is 5.09. The molecule has 0 saturated carbocycles. The summed E-state index contributed by atoms with van der Waals surface area (Å²) >= 11 is 0. The number of ether oxygens (including phenoxy) is 1. The monoisotopic (exact) mass is 474 g/mol. The second-order valence-corrected chi connectivity index (χ2v) is 7.34. The Morgan fingerprint density at radius 1 is 1.09 bits per heavy atom. The summed E-state index contributed by atoms with van der Waals surface area (Å²) in [4.78, 5) is 31.8. The van der Waals surface area contributed by atoms with Crippen LogP contribution in [-0.4, -0.2) is 57.0 Å². The molecule has 3 aromatic rings. The van der Waals surface area contributed by atoms with Gasteiger partial charge < -0.3 is 25.6 Å². The highest BCUT2D eigenvalue weighted by Gasteiger charge is 2.35. The van der Waals surface area contributed by atoms with E-state index in [0.717, 1.165) is 6.07 Å². The first-order chi connectivity index (χ1) is 16.3. The number of pyridine rings is 2. The predicted octanol–water partition coefficient (Wildman–Crippen LogP) is 2.80. The van der Waals surface area contributed by atoms with Gasteiger partial charge in [-0.2, -0.15) is 13.2 Å². The van der Waals surface area contributed by atoms with Crippen LogP contribution in [0.1, 0.15) is 11.3 Å². The number of alkyl halides is 3. The maximum absolute atomic E-state index is 13.2. The van der Waals surface area contributed by atoms with Crippen molar-refractivity contribution in [3.05, 3.63) is 60.3 Å². The molecule has 0 atom stereocenters. The standard InChI is InChI=1S/C21H21F3N8O2/c22-21(23,24)15-12-26-6-4-16(15)30-20(33)32-10-8-31(9-11-32)18-17(2-1-5-27-18)34-13-14-3-7-28-19(25)29-14/h1-7,12H,8-11,13H2,(H2,25,28,29)(H,26,30,33). The molecule has 0 aliphatic carbocycles. The summed E-state index contributed by atoms with van der Waals surface area (Å²) < 4.78 is 45.4. The van der Waals surface area contributed by atoms with Crippen molar-refractivity contribution in [3.8, 4) is 5.75 Å². The molecule has 0 unspecified atom stereocenters. The van der Waals surface area contributed by atoms with Crippen molar-refractivity contribution in [1.82, 2.24) is 24.8 Å². The Hall–Kier alpha value is -4.16. The van der Waals surface area contributed by atoms with E-state index in [1.165, 1.54) is 11.1 Å². The first-order valence-electron chi connectivity index (χ1n) is 10.3. The minimum atomic E-state index is -4.62. The SMILES string of the molecule is Nc1nccc(COc2cccnc2N2CCN(C(=O)Nc3ccncc3C(F)(F)F)CC2)n1. The molecule has 3 N–H and O–H groups in total. The first-order valence-corrected chi connectivity index (χ1v) is 10.3. The Balaban J connectivity index is 1.38. The number of aromatic nitrogens is 4. The van der Waals surface area contributed by atoms with Crippen LogP contribution < -0.4 is 20.7 Å². The zero-order valence-electron chi connectivity index (χ0n) is 17.9. The predicted molar refractivity (Wildman–Crippen MR) is 117 cm³/mol. The van der Waals surface area contributed by atoms with Crippen LogP contribution in [0.15, 0.2) is 49.1 Å². The maximum Gasteiger partial charge on any atom is 0.419 e. The summed E-state index contributed by atoms with van der Waals surface area (Å²) in [5.41, 5.74) is 4.87. The van der Waals surface area contributed by atoms with Gasteiger partial charge in [0.1, 0.15) is 6.61 Å². The lowest BCUT2D eigenvalue weighted by atomic mass is 10.2. The van der Waals surface area contributed by atoms with Crippen molar-refractivity contribution in [3.63, 3.8) is 0 Å². The molecule has 4 rings (SSSR count). The van der Waals surface area contributed by atoms with E-state index in [1.54, 1.807) is 30.6 Å². The average Bonchev–Trinajstić information content (AvgIpc) is 2.83. The second-order valence-electron chi connectivity index (χ2n) is 7.34. The largest absolute Gasteiger partial charge is 0.483 e. The van der Waals surface area contributed by atoms with Gasteiger partial charge in [-0.1, -0.05) is 0 Å². The van der Waals surface area contributed by atoms with Gasteiger partial charge in [-0.15, -0.1) is 0 Å². The third-order valence-electron chi connectivity index (χ3n) is 5.09. The van der Waals surface area contributed by atoms with E-state index in [-0.39, 0.29) is 31.3 Å². The van der Waals surface area contributed by atoms with E-state index in [2.05, 4.69) is 25.3 Å². The fourth-order valence-electron chi connectivity index (χ4n) is 3.42. The Labute approximate surface area is 192 Å². The van der Waals surface area contributed by atoms with Gasteiger partial charge in [0.05, 0.1) is 16.9 Å². The lowest BCUT2D eigenvalue weighted by Gasteiger charge is -2.36. The summed E-state index contributed by atoms with van der Waals surface area (Å²) in [5, 5.41) is 2.34. The number of nitrogens with two attached hydrogens (primary N) is 1. The van der Waals surface area contributed by atoms with Gasteiger partial charge in [-0.25, -0.2) is 19.7 Å². The van der Waals surface area contributed by atoms with Crippen molar-refractivity contribution in [2.24, 2.45) is 0 Å². The van der Waals surface area contributed by atoms with Crippen LogP contribution in [0.5, 0.6) is 5.75 Å². The van der Waals surface area contributed by atoms with Crippen LogP contribution in [0.4, 0.5) is 35.4 Å². The molecule has 0 radical (unpaired) electrons. The fraction of sp³-hybridized carbons (Fsp3) is 0.286. The van der Waals surface area contributed by atoms with Crippen molar-refractivity contribution in [1.29, 1.82) is 0 Å². The maximum atomic E-state index is 13.2. The van der Waals surface area contributed by atoms with E-state index in [1.807, 2.05) is 4.90 Å². The molecule has 13 heteroatoms. The van der Waals surface area contributed by atoms with Crippen LogP contribution in [0.25, 0.3) is 0 Å². The minimum Gasteiger partial charge on any atom is -0.483 e. The number of halogens is 3. The van der Waals surface area contributed by atoms with Crippen LogP contribution in [-0.2, 0) is 12.8 Å². The van der Waals surface area contributed by atoms with Crippen LogP contribution >= 0.6 is 0 Å². The molecule has 10 nitrogen and oxygen atoms in total. The van der Waals surface area contributed by atoms with Crippen LogP contribution in [0, 0.1) is 0 Å². The molecule has 2 amide bonds. The number of hydrogen-bond donors (Lipinski definition) is 2. The number of nitrogen functional groups attached to an aromatic ring is 1. The molecule has 178 valence electrons. The Morgan fingerprint density at radius 2 is 1.88 bits per heavy atom. The van der Waals surface area contributed by atoms with Crippen molar-refractivity contribution in [2.45, 2.75) is 12.8 Å². The second kappa shape index (κ2) is 9.77. The number of carbonyl (C=O) groups excluding carboxylic acids is 1. The molecule has 0 aromatic carbocycles. The molecule has 0 spiro atoms. The molecule has 4 heterocycles. The Morgan fingerprint density at radius 3 is 2.62 bits per heavy atom. The molecule has 3 aromatic heterocycles. The topological polar surface area (TPSA) is 122 Å². The first kappa shape index (κ1) is 23.0. The van der Waals surface area contributed by atoms with Gasteiger partial charge >= 0.3 is 12.2 Å². The highest BCUT2D eigenvalue weighted by Crippen LogP contribution is 2.34. The van der Waals surface area contributed by atoms with Gasteiger partial charge in [-0.3, -0.25) is 4.98 Å². The van der Waals surface area contributed by atoms with Gasteiger partial charge in [0.25, 0.3) is 0 Å². The summed E-state index contributed by atoms with van der Waals surface area (Å²) in [6.45, 7) is 1.59. The Bertz CT molecular complexity index is 1150. The van der Waals surface area contributed by atoms with Crippen molar-refractivity contribution in [2.75, 3.05) is 42.1 Å². The minimum absolute atomic E-state index is 0.149. The zero-order chi connectivity index (χ0) is 24.1. The molecule has 1 aliphatic heterocycles. The van der Waals surface area contributed by atoms with Gasteiger partial charge in [-0.05, 0) is 24.3 Å². The number of piperazine rings is 1. The number of amides is 2. The molecule has 1 fully saturated rings. The number of hydrogen-bond acceptors (Lipinski definition) is 8. The normalized spacial score (nSPS) is 14.1. The molecule has 1 saturated heterocycles. The number of carbonyl (C=O) groups is 1. The summed E-state index contributed by atoms with van der Waals surface area (Å²) in [6.07, 6.45) is 0.431. The van der Waals surface area contributed by atoms with Gasteiger partial charge in [0, 0.05) is 51.0 Å². The lowest BCUT2D eigenvalue weighted by molar-refractivity contribution is -0.137. The number of urea groups is 1. The summed E-state index contributed by atoms with van der Waals surface area (Å²) in [6, 6.07) is 5.71. The van der Waals surface area contributed by atoms with Crippen molar-refractivity contribution < 1.29 is 22.7 Å². The van der Waals surface area contributed by atoms with Gasteiger partial charge in [0.2, 0.25) is 5.95 Å². The number of anilines is 3. The smallest absolute Gasteiger partial charge is 0.419 e. The molecule has 1 aliphatic rings. The Kier molecular flexibility index (Phi) is 6.61. The van der Waals surface area contributed by atoms with E-state index >= 15 is 0 Å². The van der Waals surface area contributed by atoms with E-state index < -0.39 is 17.8 Å². The molecular formula is C21H21F3N8O2. The van der Waals surface area contributed by atoms with E-state index in [4.69, 9.17) is 10.5 Å². The highest BCUT2D eigenvalue weighted by atomic mass is 19.4. The summed E-state index contributed by atoms with van der Waals surface area (Å²) in [7, 11) is 0. The molecule has 0 bridgehead atoms. The number of nitrogens with one attached hydrogen (secondary N) is 1. The lowest BCUT2D eigenvalue weighted by Crippen LogP contribution is -2.50. The number of rotatable bonds is 5. The van der Waals surface area contributed by atoms with Crippen LogP contribution in [0.3, 0.4) is 0 Å². The highest BCUT2D eigenvalue weighted by molar-refractivity contribution is 5.90. The quantitative estimate of drug-likeness (QED) is 0.579. The van der Waals surface area contributed by atoms with Crippen LogP contribution in [0.2, 0.25) is 0 Å². The number of nitrogens with zero attached hydrogens (tertiary/aromatic N) is 6. The zero-order valence-corrected chi connectivity index (χ0v) is 17.9. The average molecular weight is 474 g/mol. The van der Waals surface area contributed by atoms with E-state index in [0.29, 0.717) is 36.5 Å². The fourth-order valence-corrected chi connectivity index (χ4v) is 3.42. The van der Waals surface area contributed by atoms with Crippen molar-refractivity contribution >= 4 is 23.5 Å². The molecule has 34 heavy (non-hydrogen) atoms. The van der Waals surface area contributed by atoms with E-state index in [9.17, 15) is 18.0 Å². The third kappa shape index (κ3) is 5.42. The summed E-state index contributed by atoms with van der Waals surface area (Å²) in [5.74, 6) is 1.28.